The lowest BCUT2D eigenvalue weighted by molar-refractivity contribution is 0.0365. The largest absolute Gasteiger partial charge is 0.497 e. The monoisotopic (exact) mass is 470 g/mol. The van der Waals surface area contributed by atoms with Crippen LogP contribution in [0.25, 0.3) is 0 Å². The molecule has 3 amide bonds. The highest BCUT2D eigenvalue weighted by Gasteiger charge is 2.34. The van der Waals surface area contributed by atoms with Gasteiger partial charge < -0.3 is 35.0 Å². The third-order valence-corrected chi connectivity index (χ3v) is 5.83. The Hall–Kier alpha value is -3.30. The van der Waals surface area contributed by atoms with E-state index >= 15 is 0 Å². The van der Waals surface area contributed by atoms with E-state index in [9.17, 15) is 14.7 Å². The molecule has 1 heterocycles. The quantitative estimate of drug-likeness (QED) is 0.575. The summed E-state index contributed by atoms with van der Waals surface area (Å²) in [5, 5.41) is 15.4. The fourth-order valence-corrected chi connectivity index (χ4v) is 3.88. The molecule has 9 nitrogen and oxygen atoms in total. The fourth-order valence-electron chi connectivity index (χ4n) is 3.88. The molecule has 0 fully saturated rings. The van der Waals surface area contributed by atoms with Gasteiger partial charge in [-0.3, -0.25) is 4.79 Å². The molecule has 0 saturated heterocycles. The van der Waals surface area contributed by atoms with Crippen LogP contribution in [0, 0.1) is 5.92 Å². The number of nitrogens with one attached hydrogen (secondary N) is 2. The van der Waals surface area contributed by atoms with Crippen LogP contribution in [0.4, 0.5) is 16.2 Å². The molecule has 3 rings (SSSR count). The second-order valence-corrected chi connectivity index (χ2v) is 8.87. The Labute approximate surface area is 200 Å². The number of rotatable bonds is 7. The maximum absolute atomic E-state index is 13.4. The van der Waals surface area contributed by atoms with E-state index in [0.29, 0.717) is 41.5 Å². The van der Waals surface area contributed by atoms with Crippen molar-refractivity contribution in [2.45, 2.75) is 26.0 Å². The first kappa shape index (κ1) is 25.3. The van der Waals surface area contributed by atoms with Crippen LogP contribution in [-0.4, -0.2) is 79.9 Å². The smallest absolute Gasteiger partial charge is 0.323 e. The van der Waals surface area contributed by atoms with Gasteiger partial charge in [0.25, 0.3) is 5.91 Å². The van der Waals surface area contributed by atoms with Gasteiger partial charge in [0.2, 0.25) is 0 Å². The van der Waals surface area contributed by atoms with Gasteiger partial charge in [0, 0.05) is 24.7 Å². The summed E-state index contributed by atoms with van der Waals surface area (Å²) in [6.45, 7) is 4.78. The van der Waals surface area contributed by atoms with Crippen LogP contribution in [0.3, 0.4) is 0 Å². The number of urea groups is 1. The molecule has 1 aliphatic heterocycles. The maximum Gasteiger partial charge on any atom is 0.323 e. The minimum absolute atomic E-state index is 0.00492. The van der Waals surface area contributed by atoms with Crippen LogP contribution < -0.4 is 20.1 Å². The summed E-state index contributed by atoms with van der Waals surface area (Å²) in [6, 6.07) is 11.2. The SMILES string of the molecule is COc1ccc(NC(=O)Nc2cccc3c2O[C@@H](CN(C)C)[C@@H](C)CN([C@@H](C)CO)C3=O)cc1. The lowest BCUT2D eigenvalue weighted by Gasteiger charge is -2.38. The first-order chi connectivity index (χ1) is 16.2. The van der Waals surface area contributed by atoms with Crippen molar-refractivity contribution in [1.29, 1.82) is 0 Å². The Bertz CT molecular complexity index is 995. The Balaban J connectivity index is 1.93. The predicted octanol–water partition coefficient (Wildman–Crippen LogP) is 3.12. The zero-order valence-corrected chi connectivity index (χ0v) is 20.4. The summed E-state index contributed by atoms with van der Waals surface area (Å²) >= 11 is 0. The highest BCUT2D eigenvalue weighted by atomic mass is 16.5. The fraction of sp³-hybridized carbons (Fsp3) is 0.440. The van der Waals surface area contributed by atoms with Crippen LogP contribution in [0.2, 0.25) is 0 Å². The Morgan fingerprint density at radius 2 is 1.94 bits per heavy atom. The number of nitrogens with zero attached hydrogens (tertiary/aromatic N) is 2. The van der Waals surface area contributed by atoms with Crippen LogP contribution in [0.1, 0.15) is 24.2 Å². The lowest BCUT2D eigenvalue weighted by Crippen LogP contribution is -2.49. The molecule has 9 heteroatoms. The molecular formula is C25H34N4O5. The number of aliphatic hydroxyl groups is 1. The Morgan fingerprint density at radius 3 is 2.56 bits per heavy atom. The number of hydrogen-bond donors (Lipinski definition) is 3. The van der Waals surface area contributed by atoms with E-state index in [1.807, 2.05) is 32.8 Å². The molecule has 3 N–H and O–H groups in total. The average Bonchev–Trinajstić information content (AvgIpc) is 2.81. The molecule has 2 aromatic rings. The minimum atomic E-state index is -0.463. The summed E-state index contributed by atoms with van der Waals surface area (Å²) in [6.07, 6.45) is -0.233. The van der Waals surface area contributed by atoms with Crippen LogP contribution in [0.15, 0.2) is 42.5 Å². The lowest BCUT2D eigenvalue weighted by atomic mass is 9.99. The first-order valence-electron chi connectivity index (χ1n) is 11.3. The van der Waals surface area contributed by atoms with Crippen molar-refractivity contribution in [2.75, 3.05) is 51.5 Å². The third kappa shape index (κ3) is 5.98. The van der Waals surface area contributed by atoms with Crippen LogP contribution in [-0.2, 0) is 0 Å². The van der Waals surface area contributed by atoms with Crippen LogP contribution >= 0.6 is 0 Å². The first-order valence-corrected chi connectivity index (χ1v) is 11.3. The van der Waals surface area contributed by atoms with Gasteiger partial charge in [-0.15, -0.1) is 0 Å². The second-order valence-electron chi connectivity index (χ2n) is 8.87. The van der Waals surface area contributed by atoms with Crippen molar-refractivity contribution in [2.24, 2.45) is 5.92 Å². The molecular weight excluding hydrogens is 436 g/mol. The molecule has 0 unspecified atom stereocenters. The highest BCUT2D eigenvalue weighted by molar-refractivity contribution is 6.04. The van der Waals surface area contributed by atoms with Crippen molar-refractivity contribution >= 4 is 23.3 Å². The van der Waals surface area contributed by atoms with Gasteiger partial charge in [0.05, 0.1) is 31.0 Å². The van der Waals surface area contributed by atoms with Crippen molar-refractivity contribution in [3.05, 3.63) is 48.0 Å². The summed E-state index contributed by atoms with van der Waals surface area (Å²) in [7, 11) is 5.50. The van der Waals surface area contributed by atoms with Gasteiger partial charge >= 0.3 is 6.03 Å². The summed E-state index contributed by atoms with van der Waals surface area (Å²) in [5.41, 5.74) is 1.33. The molecule has 0 aromatic heterocycles. The summed E-state index contributed by atoms with van der Waals surface area (Å²) < 4.78 is 11.5. The number of carbonyl (C=O) groups is 2. The zero-order valence-electron chi connectivity index (χ0n) is 20.4. The molecule has 0 bridgehead atoms. The topological polar surface area (TPSA) is 103 Å². The second kappa shape index (κ2) is 11.2. The standard InChI is InChI=1S/C25H34N4O5/c1-16-13-29(17(2)15-30)24(31)20-7-6-8-21(23(20)34-22(16)14-28(3)4)27-25(32)26-18-9-11-19(33-5)12-10-18/h6-12,16-17,22,30H,13-15H2,1-5H3,(H2,26,27,32)/t16-,17-,22-/m0/s1. The van der Waals surface area contributed by atoms with Gasteiger partial charge in [0.1, 0.15) is 11.9 Å². The minimum Gasteiger partial charge on any atom is -0.497 e. The number of ether oxygens (including phenoxy) is 2. The van der Waals surface area contributed by atoms with Gasteiger partial charge in [-0.05, 0) is 57.4 Å². The number of hydrogen-bond acceptors (Lipinski definition) is 6. The number of aliphatic hydroxyl groups excluding tert-OH is 1. The van der Waals surface area contributed by atoms with Crippen molar-refractivity contribution in [3.8, 4) is 11.5 Å². The highest BCUT2D eigenvalue weighted by Crippen LogP contribution is 2.35. The molecule has 3 atom stereocenters. The predicted molar refractivity (Wildman–Crippen MR) is 132 cm³/mol. The molecule has 1 aliphatic rings. The van der Waals surface area contributed by atoms with E-state index in [1.165, 1.54) is 0 Å². The van der Waals surface area contributed by atoms with E-state index in [4.69, 9.17) is 9.47 Å². The van der Waals surface area contributed by atoms with E-state index < -0.39 is 6.03 Å². The maximum atomic E-state index is 13.4. The normalized spacial score (nSPS) is 18.9. The van der Waals surface area contributed by atoms with Gasteiger partial charge in [0.15, 0.2) is 5.75 Å². The van der Waals surface area contributed by atoms with Crippen LogP contribution in [0.5, 0.6) is 11.5 Å². The molecule has 0 aliphatic carbocycles. The molecule has 0 radical (unpaired) electrons. The van der Waals surface area contributed by atoms with Gasteiger partial charge in [-0.25, -0.2) is 4.79 Å². The number of carbonyl (C=O) groups excluding carboxylic acids is 2. The van der Waals surface area contributed by atoms with Gasteiger partial charge in [-0.1, -0.05) is 13.0 Å². The molecule has 184 valence electrons. The average molecular weight is 471 g/mol. The number of amides is 3. The van der Waals surface area contributed by atoms with Gasteiger partial charge in [-0.2, -0.15) is 0 Å². The number of fused-ring (bicyclic) bond motifs is 1. The van der Waals surface area contributed by atoms with E-state index in [2.05, 4.69) is 10.6 Å². The van der Waals surface area contributed by atoms with E-state index in [-0.39, 0.29) is 30.6 Å². The number of methoxy groups -OCH3 is 1. The number of likely N-dealkylation sites (N-methyl/N-ethyl adjacent to an activating group) is 1. The number of para-hydroxylation sites is 1. The third-order valence-electron chi connectivity index (χ3n) is 5.83. The Kier molecular flexibility index (Phi) is 8.36. The molecule has 0 spiro atoms. The Morgan fingerprint density at radius 1 is 1.24 bits per heavy atom. The molecule has 2 aromatic carbocycles. The molecule has 34 heavy (non-hydrogen) atoms. The van der Waals surface area contributed by atoms with Crippen molar-refractivity contribution in [1.82, 2.24) is 9.80 Å². The van der Waals surface area contributed by atoms with Crippen molar-refractivity contribution < 1.29 is 24.2 Å². The van der Waals surface area contributed by atoms with Crippen molar-refractivity contribution in [3.63, 3.8) is 0 Å². The zero-order chi connectivity index (χ0) is 24.8. The summed E-state index contributed by atoms with van der Waals surface area (Å²) in [5.74, 6) is 0.761. The number of benzene rings is 2. The summed E-state index contributed by atoms with van der Waals surface area (Å²) in [4.78, 5) is 29.9. The van der Waals surface area contributed by atoms with E-state index in [0.717, 1.165) is 0 Å². The molecule has 0 saturated carbocycles. The number of anilines is 2. The van der Waals surface area contributed by atoms with E-state index in [1.54, 1.807) is 54.5 Å².